The molecular formula is C21H28N6O2S. The molecule has 1 fully saturated rings. The summed E-state index contributed by atoms with van der Waals surface area (Å²) < 4.78 is 5.42. The van der Waals surface area contributed by atoms with Gasteiger partial charge in [-0.3, -0.25) is 9.69 Å². The Morgan fingerprint density at radius 1 is 1.43 bits per heavy atom. The van der Waals surface area contributed by atoms with Crippen molar-refractivity contribution in [1.29, 1.82) is 5.26 Å². The molecule has 8 nitrogen and oxygen atoms in total. The summed E-state index contributed by atoms with van der Waals surface area (Å²) in [6, 6.07) is 8.13. The fourth-order valence-corrected chi connectivity index (χ4v) is 4.08. The number of hydrogen-bond acceptors (Lipinski definition) is 8. The highest BCUT2D eigenvalue weighted by atomic mass is 32.1. The lowest BCUT2D eigenvalue weighted by molar-refractivity contribution is 0.0745. The summed E-state index contributed by atoms with van der Waals surface area (Å²) in [6.45, 7) is 7.12. The highest BCUT2D eigenvalue weighted by Crippen LogP contribution is 2.27. The zero-order valence-electron chi connectivity index (χ0n) is 17.4. The first-order valence-corrected chi connectivity index (χ1v) is 11.1. The quantitative estimate of drug-likeness (QED) is 0.467. The average Bonchev–Trinajstić information content (AvgIpc) is 3.20. The van der Waals surface area contributed by atoms with Gasteiger partial charge >= 0.3 is 0 Å². The van der Waals surface area contributed by atoms with Gasteiger partial charge in [-0.1, -0.05) is 6.07 Å². The highest BCUT2D eigenvalue weighted by Gasteiger charge is 2.22. The Morgan fingerprint density at radius 3 is 3.10 bits per heavy atom. The van der Waals surface area contributed by atoms with E-state index in [4.69, 9.17) is 15.0 Å². The lowest BCUT2D eigenvalue weighted by Gasteiger charge is -2.30. The molecule has 0 saturated carbocycles. The molecule has 1 saturated heterocycles. The Hall–Kier alpha value is -2.54. The Balaban J connectivity index is 1.56. The van der Waals surface area contributed by atoms with Crippen LogP contribution < -0.4 is 10.6 Å². The van der Waals surface area contributed by atoms with Crippen LogP contribution in [0.1, 0.15) is 48.8 Å². The van der Waals surface area contributed by atoms with Crippen LogP contribution in [0.5, 0.6) is 0 Å². The van der Waals surface area contributed by atoms with Gasteiger partial charge in [0.1, 0.15) is 11.5 Å². The van der Waals surface area contributed by atoms with E-state index in [1.54, 1.807) is 5.38 Å². The normalized spacial score (nSPS) is 16.9. The third kappa shape index (κ3) is 6.49. The molecule has 30 heavy (non-hydrogen) atoms. The number of ether oxygens (including phenoxy) is 1. The average molecular weight is 429 g/mol. The van der Waals surface area contributed by atoms with Crippen LogP contribution in [0, 0.1) is 11.3 Å². The Morgan fingerprint density at radius 2 is 2.30 bits per heavy atom. The molecule has 0 spiro atoms. The summed E-state index contributed by atoms with van der Waals surface area (Å²) >= 11 is 1.37. The first-order chi connectivity index (χ1) is 14.5. The number of amides is 1. The first kappa shape index (κ1) is 22.2. The smallest absolute Gasteiger partial charge is 0.270 e. The van der Waals surface area contributed by atoms with Gasteiger partial charge in [0.05, 0.1) is 25.3 Å². The molecule has 0 aromatic carbocycles. The molecule has 3 rings (SSSR count). The van der Waals surface area contributed by atoms with Crippen molar-refractivity contribution < 1.29 is 9.53 Å². The Labute approximate surface area is 181 Å². The molecule has 1 amide bonds. The van der Waals surface area contributed by atoms with Crippen molar-refractivity contribution in [2.75, 3.05) is 38.1 Å². The van der Waals surface area contributed by atoms with Gasteiger partial charge < -0.3 is 15.4 Å². The van der Waals surface area contributed by atoms with Crippen molar-refractivity contribution in [3.63, 3.8) is 0 Å². The standard InChI is InChI=1S/C21H28N6O2S/c1-15(2)29-12-9-23-20(28)18-14-30-21(25-18)26-19-7-3-6-17(24-19)16-5-4-10-27(13-16)11-8-22/h3,6-7,14-16H,4-5,9-13H2,1-2H3,(H,23,28)(H,24,25,26)/t16-/m1/s1. The van der Waals surface area contributed by atoms with Crippen molar-refractivity contribution in [3.05, 3.63) is 35.0 Å². The number of anilines is 2. The highest BCUT2D eigenvalue weighted by molar-refractivity contribution is 7.14. The van der Waals surface area contributed by atoms with E-state index in [2.05, 4.69) is 26.6 Å². The molecule has 0 aliphatic carbocycles. The van der Waals surface area contributed by atoms with E-state index < -0.39 is 0 Å². The molecule has 2 aromatic rings. The van der Waals surface area contributed by atoms with Crippen LogP contribution in [0.3, 0.4) is 0 Å². The molecular weight excluding hydrogens is 400 g/mol. The molecule has 0 bridgehead atoms. The van der Waals surface area contributed by atoms with E-state index in [-0.39, 0.29) is 12.0 Å². The number of piperidine rings is 1. The SMILES string of the molecule is CC(C)OCCNC(=O)c1csc(Nc2cccc([C@@H]3CCCN(CC#N)C3)n2)n1. The number of nitrogens with one attached hydrogen (secondary N) is 2. The third-order valence-corrected chi connectivity index (χ3v) is 5.56. The predicted molar refractivity (Wildman–Crippen MR) is 117 cm³/mol. The van der Waals surface area contributed by atoms with E-state index in [9.17, 15) is 4.79 Å². The molecule has 0 unspecified atom stereocenters. The fraction of sp³-hybridized carbons (Fsp3) is 0.524. The molecule has 1 aliphatic heterocycles. The molecule has 160 valence electrons. The van der Waals surface area contributed by atoms with Crippen LogP contribution in [0.15, 0.2) is 23.6 Å². The summed E-state index contributed by atoms with van der Waals surface area (Å²) in [5, 5.41) is 17.3. The minimum Gasteiger partial charge on any atom is -0.377 e. The molecule has 0 radical (unpaired) electrons. The van der Waals surface area contributed by atoms with E-state index in [1.165, 1.54) is 11.3 Å². The van der Waals surface area contributed by atoms with Crippen molar-refractivity contribution in [3.8, 4) is 6.07 Å². The Bertz CT molecular complexity index is 878. The van der Waals surface area contributed by atoms with Crippen LogP contribution in [-0.2, 0) is 4.74 Å². The summed E-state index contributed by atoms with van der Waals surface area (Å²) in [5.41, 5.74) is 1.39. The molecule has 2 aromatic heterocycles. The van der Waals surface area contributed by atoms with Crippen molar-refractivity contribution in [2.24, 2.45) is 0 Å². The number of likely N-dealkylation sites (tertiary alicyclic amines) is 1. The maximum Gasteiger partial charge on any atom is 0.270 e. The van der Waals surface area contributed by atoms with Crippen LogP contribution in [0.2, 0.25) is 0 Å². The number of hydrogen-bond donors (Lipinski definition) is 2. The molecule has 2 N–H and O–H groups in total. The van der Waals surface area contributed by atoms with Gasteiger partial charge in [0.25, 0.3) is 5.91 Å². The third-order valence-electron chi connectivity index (χ3n) is 4.80. The lowest BCUT2D eigenvalue weighted by Crippen LogP contribution is -2.34. The predicted octanol–water partition coefficient (Wildman–Crippen LogP) is 3.14. The van der Waals surface area contributed by atoms with E-state index in [0.29, 0.717) is 42.3 Å². The number of pyridine rings is 1. The summed E-state index contributed by atoms with van der Waals surface area (Å²) in [7, 11) is 0. The second kappa shape index (κ2) is 11.0. The van der Waals surface area contributed by atoms with E-state index in [1.807, 2.05) is 32.0 Å². The van der Waals surface area contributed by atoms with Crippen LogP contribution >= 0.6 is 11.3 Å². The maximum absolute atomic E-state index is 12.2. The second-order valence-corrected chi connectivity index (χ2v) is 8.38. The molecule has 1 atom stereocenters. The zero-order chi connectivity index (χ0) is 21.3. The maximum atomic E-state index is 12.2. The number of nitrogens with zero attached hydrogens (tertiary/aromatic N) is 4. The minimum absolute atomic E-state index is 0.142. The van der Waals surface area contributed by atoms with Gasteiger partial charge in [0.2, 0.25) is 0 Å². The van der Waals surface area contributed by atoms with Crippen LogP contribution in [0.4, 0.5) is 10.9 Å². The van der Waals surface area contributed by atoms with Gasteiger partial charge in [-0.2, -0.15) is 5.26 Å². The van der Waals surface area contributed by atoms with Crippen LogP contribution in [0.25, 0.3) is 0 Å². The second-order valence-electron chi connectivity index (χ2n) is 7.52. The number of rotatable bonds is 9. The van der Waals surface area contributed by atoms with Gasteiger partial charge in [-0.05, 0) is 45.4 Å². The number of carbonyl (C=O) groups is 1. The number of nitriles is 1. The minimum atomic E-state index is -0.215. The summed E-state index contributed by atoms with van der Waals surface area (Å²) in [6.07, 6.45) is 2.28. The van der Waals surface area contributed by atoms with E-state index in [0.717, 1.165) is 31.6 Å². The molecule has 3 heterocycles. The van der Waals surface area contributed by atoms with E-state index >= 15 is 0 Å². The number of thiazole rings is 1. The largest absolute Gasteiger partial charge is 0.377 e. The van der Waals surface area contributed by atoms with Gasteiger partial charge in [0, 0.05) is 30.1 Å². The summed E-state index contributed by atoms with van der Waals surface area (Å²) in [5.74, 6) is 0.809. The number of carbonyl (C=O) groups excluding carboxylic acids is 1. The van der Waals surface area contributed by atoms with Crippen molar-refractivity contribution in [2.45, 2.75) is 38.7 Å². The lowest BCUT2D eigenvalue weighted by atomic mass is 9.94. The van der Waals surface area contributed by atoms with Gasteiger partial charge in [-0.15, -0.1) is 11.3 Å². The molecule has 1 aliphatic rings. The van der Waals surface area contributed by atoms with Crippen molar-refractivity contribution >= 4 is 28.2 Å². The van der Waals surface area contributed by atoms with Gasteiger partial charge in [-0.25, -0.2) is 9.97 Å². The monoisotopic (exact) mass is 428 g/mol. The van der Waals surface area contributed by atoms with Crippen LogP contribution in [-0.4, -0.2) is 59.7 Å². The Kier molecular flexibility index (Phi) is 8.13. The van der Waals surface area contributed by atoms with Crippen molar-refractivity contribution in [1.82, 2.24) is 20.2 Å². The first-order valence-electron chi connectivity index (χ1n) is 10.2. The van der Waals surface area contributed by atoms with Gasteiger partial charge in [0.15, 0.2) is 5.13 Å². The summed E-state index contributed by atoms with van der Waals surface area (Å²) in [4.78, 5) is 23.5. The zero-order valence-corrected chi connectivity index (χ0v) is 18.2. The topological polar surface area (TPSA) is 103 Å². The fourth-order valence-electron chi connectivity index (χ4n) is 3.38. The number of aromatic nitrogens is 2. The molecule has 9 heteroatoms.